The fraction of sp³-hybridized carbons (Fsp3) is 0.0769. The Kier molecular flexibility index (Phi) is 3.23. The van der Waals surface area contributed by atoms with Crippen molar-refractivity contribution in [3.8, 4) is 22.6 Å². The van der Waals surface area contributed by atoms with Gasteiger partial charge < -0.3 is 9.84 Å². The molecule has 0 saturated heterocycles. The van der Waals surface area contributed by atoms with Crippen LogP contribution >= 0.6 is 0 Å². The van der Waals surface area contributed by atoms with Crippen LogP contribution in [0, 0.1) is 0 Å². The normalized spacial score (nSPS) is 11.7. The molecule has 0 bridgehead atoms. The van der Waals surface area contributed by atoms with Crippen LogP contribution in [-0.2, 0) is 10.1 Å². The smallest absolute Gasteiger partial charge is 0.298 e. The molecule has 0 amide bonds. The van der Waals surface area contributed by atoms with Gasteiger partial charge in [0.2, 0.25) is 0 Å². The lowest BCUT2D eigenvalue weighted by molar-refractivity contribution is 0.392. The molecule has 0 aliphatic carbocycles. The van der Waals surface area contributed by atoms with E-state index in [0.717, 1.165) is 12.1 Å². The van der Waals surface area contributed by atoms with Crippen LogP contribution in [0.3, 0.4) is 0 Å². The number of aromatic amines is 1. The topological polar surface area (TPSA) is 125 Å². The molecule has 114 valence electrons. The SMILES string of the molecule is COc1cc(O)c(-c2cccc3n[nH]nc23)cc1S(=O)(=O)O. The zero-order valence-corrected chi connectivity index (χ0v) is 12.1. The first-order valence-electron chi connectivity index (χ1n) is 6.10. The van der Waals surface area contributed by atoms with E-state index in [1.807, 2.05) is 0 Å². The molecule has 0 atom stereocenters. The molecule has 22 heavy (non-hydrogen) atoms. The lowest BCUT2D eigenvalue weighted by Crippen LogP contribution is -2.02. The van der Waals surface area contributed by atoms with Crippen molar-refractivity contribution in [2.75, 3.05) is 7.11 Å². The van der Waals surface area contributed by atoms with E-state index in [-0.39, 0.29) is 17.1 Å². The molecule has 0 radical (unpaired) electrons. The van der Waals surface area contributed by atoms with Crippen molar-refractivity contribution in [1.82, 2.24) is 15.4 Å². The van der Waals surface area contributed by atoms with Crippen LogP contribution in [0.1, 0.15) is 0 Å². The highest BCUT2D eigenvalue weighted by molar-refractivity contribution is 7.86. The quantitative estimate of drug-likeness (QED) is 0.625. The van der Waals surface area contributed by atoms with Crippen molar-refractivity contribution < 1.29 is 22.8 Å². The Labute approximate surface area is 125 Å². The third-order valence-electron chi connectivity index (χ3n) is 3.20. The predicted molar refractivity (Wildman–Crippen MR) is 77.4 cm³/mol. The number of nitrogens with zero attached hydrogens (tertiary/aromatic N) is 2. The monoisotopic (exact) mass is 321 g/mol. The molecule has 8 nitrogen and oxygen atoms in total. The largest absolute Gasteiger partial charge is 0.507 e. The van der Waals surface area contributed by atoms with Crippen LogP contribution in [0.5, 0.6) is 11.5 Å². The van der Waals surface area contributed by atoms with Gasteiger partial charge in [-0.05, 0) is 12.1 Å². The maximum atomic E-state index is 11.5. The highest BCUT2D eigenvalue weighted by atomic mass is 32.2. The molecule has 0 spiro atoms. The van der Waals surface area contributed by atoms with Gasteiger partial charge in [0.15, 0.2) is 0 Å². The fourth-order valence-corrected chi connectivity index (χ4v) is 2.87. The minimum absolute atomic E-state index is 0.156. The van der Waals surface area contributed by atoms with E-state index < -0.39 is 15.0 Å². The van der Waals surface area contributed by atoms with E-state index in [4.69, 9.17) is 4.74 Å². The van der Waals surface area contributed by atoms with Crippen LogP contribution in [0.15, 0.2) is 35.2 Å². The van der Waals surface area contributed by atoms with Crippen molar-refractivity contribution in [2.24, 2.45) is 0 Å². The minimum atomic E-state index is -4.51. The fourth-order valence-electron chi connectivity index (χ4n) is 2.21. The highest BCUT2D eigenvalue weighted by Crippen LogP contribution is 2.39. The molecule has 2 aromatic carbocycles. The van der Waals surface area contributed by atoms with Gasteiger partial charge in [-0.1, -0.05) is 12.1 Å². The third-order valence-corrected chi connectivity index (χ3v) is 4.07. The van der Waals surface area contributed by atoms with E-state index in [9.17, 15) is 18.1 Å². The third kappa shape index (κ3) is 2.26. The summed E-state index contributed by atoms with van der Waals surface area (Å²) in [5, 5.41) is 20.5. The molecule has 9 heteroatoms. The van der Waals surface area contributed by atoms with Crippen LogP contribution in [0.2, 0.25) is 0 Å². The van der Waals surface area contributed by atoms with Crippen LogP contribution in [-0.4, -0.2) is 40.6 Å². The van der Waals surface area contributed by atoms with Crippen molar-refractivity contribution >= 4 is 21.2 Å². The summed E-state index contributed by atoms with van der Waals surface area (Å²) in [5.41, 5.74) is 1.68. The summed E-state index contributed by atoms with van der Waals surface area (Å²) in [6, 6.07) is 7.31. The maximum Gasteiger partial charge on any atom is 0.298 e. The molecule has 0 aliphatic heterocycles. The number of methoxy groups -OCH3 is 1. The number of para-hydroxylation sites is 1. The summed E-state index contributed by atoms with van der Waals surface area (Å²) in [6.45, 7) is 0. The molecule has 3 aromatic rings. The first-order valence-corrected chi connectivity index (χ1v) is 7.54. The van der Waals surface area contributed by atoms with Gasteiger partial charge in [0.05, 0.1) is 7.11 Å². The van der Waals surface area contributed by atoms with Crippen LogP contribution in [0.4, 0.5) is 0 Å². The average Bonchev–Trinajstić information content (AvgIpc) is 2.94. The first kappa shape index (κ1) is 14.3. The standard InChI is InChI=1S/C13H11N3O5S/c1-21-11-6-10(17)8(5-12(11)22(18,19)20)7-3-2-4-9-13(7)15-16-14-9/h2-6,17H,1H3,(H,14,15,16)(H,18,19,20). The number of fused-ring (bicyclic) bond motifs is 1. The zero-order valence-electron chi connectivity index (χ0n) is 11.3. The Morgan fingerprint density at radius 2 is 1.95 bits per heavy atom. The Balaban J connectivity index is 2.34. The second kappa shape index (κ2) is 4.97. The number of nitrogens with one attached hydrogen (secondary N) is 1. The van der Waals surface area contributed by atoms with Crippen LogP contribution in [0.25, 0.3) is 22.2 Å². The number of H-pyrrole nitrogens is 1. The summed E-state index contributed by atoms with van der Waals surface area (Å²) in [6.07, 6.45) is 0. The molecular formula is C13H11N3O5S. The molecule has 0 saturated carbocycles. The highest BCUT2D eigenvalue weighted by Gasteiger charge is 2.21. The Morgan fingerprint density at radius 1 is 1.18 bits per heavy atom. The second-order valence-electron chi connectivity index (χ2n) is 4.49. The molecule has 1 heterocycles. The van der Waals surface area contributed by atoms with Gasteiger partial charge in [-0.3, -0.25) is 4.55 Å². The minimum Gasteiger partial charge on any atom is -0.507 e. The number of hydrogen-bond donors (Lipinski definition) is 3. The molecule has 1 aromatic heterocycles. The summed E-state index contributed by atoms with van der Waals surface area (Å²) >= 11 is 0. The summed E-state index contributed by atoms with van der Waals surface area (Å²) in [7, 11) is -3.28. The number of aromatic nitrogens is 3. The number of hydrogen-bond acceptors (Lipinski definition) is 6. The van der Waals surface area contributed by atoms with Crippen molar-refractivity contribution in [2.45, 2.75) is 4.90 Å². The molecule has 0 aliphatic rings. The average molecular weight is 321 g/mol. The second-order valence-corrected chi connectivity index (χ2v) is 5.88. The summed E-state index contributed by atoms with van der Waals surface area (Å²) < 4.78 is 37.2. The number of benzene rings is 2. The Morgan fingerprint density at radius 3 is 2.64 bits per heavy atom. The number of aromatic hydroxyl groups is 1. The lowest BCUT2D eigenvalue weighted by Gasteiger charge is -2.11. The molecule has 0 fully saturated rings. The van der Waals surface area contributed by atoms with Gasteiger partial charge in [-0.25, -0.2) is 0 Å². The van der Waals surface area contributed by atoms with Gasteiger partial charge in [0.25, 0.3) is 10.1 Å². The number of phenols is 1. The Hall–Kier alpha value is -2.65. The van der Waals surface area contributed by atoms with E-state index in [1.165, 1.54) is 7.11 Å². The predicted octanol–water partition coefficient (Wildman–Crippen LogP) is 1.59. The first-order chi connectivity index (χ1) is 10.4. The van der Waals surface area contributed by atoms with Gasteiger partial charge in [0.1, 0.15) is 27.4 Å². The molecular weight excluding hydrogens is 310 g/mol. The zero-order chi connectivity index (χ0) is 15.9. The number of rotatable bonds is 3. The molecule has 3 rings (SSSR count). The van der Waals surface area contributed by atoms with E-state index >= 15 is 0 Å². The number of phenolic OH excluding ortho intramolecular Hbond substituents is 1. The number of ether oxygens (including phenoxy) is 1. The summed E-state index contributed by atoms with van der Waals surface area (Å²) in [5.74, 6) is -0.365. The molecule has 0 unspecified atom stereocenters. The van der Waals surface area contributed by atoms with E-state index in [2.05, 4.69) is 15.4 Å². The van der Waals surface area contributed by atoms with Crippen molar-refractivity contribution in [3.05, 3.63) is 30.3 Å². The summed E-state index contributed by atoms with van der Waals surface area (Å²) in [4.78, 5) is -0.441. The lowest BCUT2D eigenvalue weighted by atomic mass is 10.0. The van der Waals surface area contributed by atoms with Gasteiger partial charge in [0, 0.05) is 17.2 Å². The van der Waals surface area contributed by atoms with E-state index in [1.54, 1.807) is 18.2 Å². The van der Waals surface area contributed by atoms with Crippen molar-refractivity contribution in [1.29, 1.82) is 0 Å². The van der Waals surface area contributed by atoms with Crippen LogP contribution < -0.4 is 4.74 Å². The maximum absolute atomic E-state index is 11.5. The van der Waals surface area contributed by atoms with Gasteiger partial charge >= 0.3 is 0 Å². The van der Waals surface area contributed by atoms with Gasteiger partial charge in [-0.15, -0.1) is 0 Å². The van der Waals surface area contributed by atoms with Gasteiger partial charge in [-0.2, -0.15) is 23.8 Å². The van der Waals surface area contributed by atoms with E-state index in [0.29, 0.717) is 16.6 Å². The molecule has 3 N–H and O–H groups in total. The van der Waals surface area contributed by atoms with Crippen molar-refractivity contribution in [3.63, 3.8) is 0 Å². The Bertz CT molecular complexity index is 965.